The van der Waals surface area contributed by atoms with E-state index in [-0.39, 0.29) is 25.4 Å². The van der Waals surface area contributed by atoms with Crippen molar-refractivity contribution in [3.05, 3.63) is 59.7 Å². The van der Waals surface area contributed by atoms with Crippen molar-refractivity contribution in [3.8, 4) is 11.1 Å². The zero-order chi connectivity index (χ0) is 25.8. The maximum Gasteiger partial charge on any atom is 0.407 e. The van der Waals surface area contributed by atoms with Gasteiger partial charge in [0.1, 0.15) is 23.9 Å². The number of esters is 2. The molecule has 1 amide bonds. The van der Waals surface area contributed by atoms with Crippen LogP contribution in [0.2, 0.25) is 0 Å². The van der Waals surface area contributed by atoms with Gasteiger partial charge in [0.25, 0.3) is 0 Å². The monoisotopic (exact) mass is 481 g/mol. The molecule has 3 rings (SSSR count). The number of alkyl carbamates (subject to hydrolysis) is 1. The van der Waals surface area contributed by atoms with Crippen LogP contribution < -0.4 is 5.32 Å². The lowest BCUT2D eigenvalue weighted by atomic mass is 9.98. The molecule has 0 radical (unpaired) electrons. The van der Waals surface area contributed by atoms with Gasteiger partial charge in [-0.2, -0.15) is 0 Å². The number of nitrogens with one attached hydrogen (secondary N) is 1. The van der Waals surface area contributed by atoms with E-state index in [0.29, 0.717) is 0 Å². The standard InChI is InChI=1S/C28H35NO6/c1-27(2,3)34-24(30)16-15-23(25(31)35-28(4,5)6)29-26(32)33-17-22-20-13-9-7-11-18(20)19-12-8-10-14-21(19)22/h7-14,22-23H,15-17H2,1-6H3,(H,29,32)/t23-/m0/s1. The van der Waals surface area contributed by atoms with Crippen LogP contribution in [0.4, 0.5) is 4.79 Å². The van der Waals surface area contributed by atoms with Gasteiger partial charge in [0.2, 0.25) is 0 Å². The fraction of sp³-hybridized carbons (Fsp3) is 0.464. The first-order chi connectivity index (χ1) is 16.3. The van der Waals surface area contributed by atoms with E-state index in [1.54, 1.807) is 41.5 Å². The van der Waals surface area contributed by atoms with Crippen molar-refractivity contribution < 1.29 is 28.6 Å². The number of carbonyl (C=O) groups is 3. The molecule has 0 saturated heterocycles. The van der Waals surface area contributed by atoms with Gasteiger partial charge in [0.05, 0.1) is 0 Å². The fourth-order valence-electron chi connectivity index (χ4n) is 4.06. The molecule has 1 aliphatic rings. The van der Waals surface area contributed by atoms with Gasteiger partial charge in [-0.3, -0.25) is 4.79 Å². The molecule has 2 aromatic carbocycles. The number of fused-ring (bicyclic) bond motifs is 3. The Morgan fingerprint density at radius 2 is 1.34 bits per heavy atom. The maximum absolute atomic E-state index is 12.7. The molecule has 0 bridgehead atoms. The van der Waals surface area contributed by atoms with Gasteiger partial charge in [-0.05, 0) is 70.2 Å². The minimum atomic E-state index is -1.04. The van der Waals surface area contributed by atoms with Gasteiger partial charge in [0.15, 0.2) is 0 Å². The zero-order valence-corrected chi connectivity index (χ0v) is 21.3. The highest BCUT2D eigenvalue weighted by atomic mass is 16.6. The lowest BCUT2D eigenvalue weighted by Gasteiger charge is -2.25. The third-order valence-corrected chi connectivity index (χ3v) is 5.38. The topological polar surface area (TPSA) is 90.9 Å². The molecule has 0 aromatic heterocycles. The second-order valence-corrected chi connectivity index (χ2v) is 10.7. The van der Waals surface area contributed by atoms with Gasteiger partial charge in [-0.15, -0.1) is 0 Å². The molecule has 0 aliphatic heterocycles. The van der Waals surface area contributed by atoms with E-state index < -0.39 is 35.3 Å². The van der Waals surface area contributed by atoms with Crippen LogP contribution in [0, 0.1) is 0 Å². The fourth-order valence-corrected chi connectivity index (χ4v) is 4.06. The first kappa shape index (κ1) is 26.3. The van der Waals surface area contributed by atoms with Gasteiger partial charge in [-0.1, -0.05) is 48.5 Å². The molecule has 35 heavy (non-hydrogen) atoms. The van der Waals surface area contributed by atoms with E-state index in [2.05, 4.69) is 17.4 Å². The Morgan fingerprint density at radius 1 is 0.829 bits per heavy atom. The van der Waals surface area contributed by atoms with Crippen molar-refractivity contribution in [2.24, 2.45) is 0 Å². The van der Waals surface area contributed by atoms with Crippen molar-refractivity contribution in [1.29, 1.82) is 0 Å². The molecule has 1 atom stereocenters. The third-order valence-electron chi connectivity index (χ3n) is 5.38. The van der Waals surface area contributed by atoms with E-state index >= 15 is 0 Å². The maximum atomic E-state index is 12.7. The van der Waals surface area contributed by atoms with E-state index in [0.717, 1.165) is 22.3 Å². The van der Waals surface area contributed by atoms with Gasteiger partial charge < -0.3 is 19.5 Å². The highest BCUT2D eigenvalue weighted by molar-refractivity contribution is 5.83. The minimum Gasteiger partial charge on any atom is -0.460 e. The predicted octanol–water partition coefficient (Wildman–Crippen LogP) is 5.36. The van der Waals surface area contributed by atoms with Crippen LogP contribution >= 0.6 is 0 Å². The summed E-state index contributed by atoms with van der Waals surface area (Å²) in [5, 5.41) is 2.59. The molecule has 0 unspecified atom stereocenters. The second-order valence-electron chi connectivity index (χ2n) is 10.7. The number of rotatable bonds is 7. The number of ether oxygens (including phenoxy) is 3. The molecule has 2 aromatic rings. The summed E-state index contributed by atoms with van der Waals surface area (Å²) >= 11 is 0. The molecule has 0 spiro atoms. The number of benzene rings is 2. The molecule has 7 heteroatoms. The van der Waals surface area contributed by atoms with E-state index in [1.165, 1.54) is 0 Å². The second kappa shape index (κ2) is 10.5. The van der Waals surface area contributed by atoms with Crippen LogP contribution in [-0.2, 0) is 23.8 Å². The van der Waals surface area contributed by atoms with Crippen LogP contribution in [0.3, 0.4) is 0 Å². The van der Waals surface area contributed by atoms with Crippen molar-refractivity contribution in [1.82, 2.24) is 5.32 Å². The number of carbonyl (C=O) groups excluding carboxylic acids is 3. The van der Waals surface area contributed by atoms with Gasteiger partial charge in [-0.25, -0.2) is 9.59 Å². The summed E-state index contributed by atoms with van der Waals surface area (Å²) < 4.78 is 16.3. The Kier molecular flexibility index (Phi) is 7.88. The molecular formula is C28H35NO6. The van der Waals surface area contributed by atoms with E-state index in [4.69, 9.17) is 14.2 Å². The van der Waals surface area contributed by atoms with Crippen LogP contribution in [0.15, 0.2) is 48.5 Å². The molecule has 1 N–H and O–H groups in total. The first-order valence-corrected chi connectivity index (χ1v) is 11.9. The van der Waals surface area contributed by atoms with Crippen molar-refractivity contribution >= 4 is 18.0 Å². The van der Waals surface area contributed by atoms with Gasteiger partial charge in [0, 0.05) is 12.3 Å². The Labute approximate surface area is 207 Å². The number of hydrogen-bond acceptors (Lipinski definition) is 6. The third kappa shape index (κ3) is 7.31. The molecule has 188 valence electrons. The quantitative estimate of drug-likeness (QED) is 0.423. The van der Waals surface area contributed by atoms with E-state index in [9.17, 15) is 14.4 Å². The van der Waals surface area contributed by atoms with Gasteiger partial charge >= 0.3 is 18.0 Å². The molecular weight excluding hydrogens is 446 g/mol. The minimum absolute atomic E-state index is 0.0357. The Morgan fingerprint density at radius 3 is 1.86 bits per heavy atom. The molecule has 0 heterocycles. The van der Waals surface area contributed by atoms with Crippen molar-refractivity contribution in [2.75, 3.05) is 6.61 Å². The van der Waals surface area contributed by atoms with Crippen LogP contribution in [0.5, 0.6) is 0 Å². The number of amides is 1. The van der Waals surface area contributed by atoms with Crippen LogP contribution in [-0.4, -0.2) is 41.9 Å². The largest absolute Gasteiger partial charge is 0.460 e. The summed E-state index contributed by atoms with van der Waals surface area (Å²) in [4.78, 5) is 37.6. The molecule has 7 nitrogen and oxygen atoms in total. The average Bonchev–Trinajstić information content (AvgIpc) is 3.06. The average molecular weight is 482 g/mol. The van der Waals surface area contributed by atoms with Crippen molar-refractivity contribution in [2.45, 2.75) is 77.5 Å². The smallest absolute Gasteiger partial charge is 0.407 e. The Hall–Kier alpha value is -3.35. The van der Waals surface area contributed by atoms with Crippen LogP contribution in [0.25, 0.3) is 11.1 Å². The Balaban J connectivity index is 1.66. The molecule has 0 saturated carbocycles. The summed E-state index contributed by atoms with van der Waals surface area (Å²) in [5.41, 5.74) is 3.05. The van der Waals surface area contributed by atoms with Crippen molar-refractivity contribution in [3.63, 3.8) is 0 Å². The lowest BCUT2D eigenvalue weighted by Crippen LogP contribution is -2.45. The summed E-state index contributed by atoms with van der Waals surface area (Å²) in [6, 6.07) is 15.0. The normalized spacial score (nSPS) is 13.9. The summed E-state index contributed by atoms with van der Waals surface area (Å²) in [7, 11) is 0. The SMILES string of the molecule is CC(C)(C)OC(=O)CC[C@H](NC(=O)OCC1c2ccccc2-c2ccccc21)C(=O)OC(C)(C)C. The zero-order valence-electron chi connectivity index (χ0n) is 21.3. The lowest BCUT2D eigenvalue weighted by molar-refractivity contribution is -0.158. The first-order valence-electron chi connectivity index (χ1n) is 11.9. The highest BCUT2D eigenvalue weighted by Crippen LogP contribution is 2.44. The predicted molar refractivity (Wildman–Crippen MR) is 133 cm³/mol. The summed E-state index contributed by atoms with van der Waals surface area (Å²) in [5.74, 6) is -1.19. The number of hydrogen-bond donors (Lipinski definition) is 1. The summed E-state index contributed by atoms with van der Waals surface area (Å²) in [6.07, 6.45) is -0.759. The van der Waals surface area contributed by atoms with Crippen LogP contribution in [0.1, 0.15) is 71.4 Å². The summed E-state index contributed by atoms with van der Waals surface area (Å²) in [6.45, 7) is 10.6. The molecule has 0 fully saturated rings. The molecule has 1 aliphatic carbocycles. The van der Waals surface area contributed by atoms with E-state index in [1.807, 2.05) is 36.4 Å². The Bertz CT molecular complexity index is 1030. The highest BCUT2D eigenvalue weighted by Gasteiger charge is 2.31.